The summed E-state index contributed by atoms with van der Waals surface area (Å²) in [5.74, 6) is 0. The van der Waals surface area contributed by atoms with Crippen LogP contribution in [0.2, 0.25) is 0 Å². The summed E-state index contributed by atoms with van der Waals surface area (Å²) in [6, 6.07) is 7.39. The molecule has 0 fully saturated rings. The molecule has 1 heterocycles. The van der Waals surface area contributed by atoms with Crippen molar-refractivity contribution >= 4 is 31.2 Å². The van der Waals surface area contributed by atoms with Gasteiger partial charge in [-0.3, -0.25) is 0 Å². The van der Waals surface area contributed by atoms with E-state index in [0.29, 0.717) is 10.5 Å². The van der Waals surface area contributed by atoms with Gasteiger partial charge in [-0.2, -0.15) is 0 Å². The molecule has 0 aliphatic heterocycles. The van der Waals surface area contributed by atoms with Crippen molar-refractivity contribution in [1.29, 1.82) is 0 Å². The molecule has 126 valence electrons. The van der Waals surface area contributed by atoms with Crippen molar-refractivity contribution < 1.29 is 16.8 Å². The number of sulfonamides is 1. The highest BCUT2D eigenvalue weighted by Crippen LogP contribution is 2.26. The smallest absolute Gasteiger partial charge is 0.224 e. The molecule has 1 unspecified atom stereocenters. The van der Waals surface area contributed by atoms with E-state index in [2.05, 4.69) is 4.72 Å². The zero-order valence-electron chi connectivity index (χ0n) is 13.3. The maximum Gasteiger partial charge on any atom is 0.242 e. The van der Waals surface area contributed by atoms with Crippen LogP contribution in [-0.4, -0.2) is 23.1 Å². The summed E-state index contributed by atoms with van der Waals surface area (Å²) in [6.07, 6.45) is 1.13. The average Bonchev–Trinajstić information content (AvgIpc) is 2.77. The Morgan fingerprint density at radius 2 is 1.61 bits per heavy atom. The van der Waals surface area contributed by atoms with Crippen molar-refractivity contribution in [2.24, 2.45) is 0 Å². The molecule has 0 bridgehead atoms. The highest BCUT2D eigenvalue weighted by atomic mass is 32.2. The highest BCUT2D eigenvalue weighted by Gasteiger charge is 2.22. The van der Waals surface area contributed by atoms with Gasteiger partial charge in [0.2, 0.25) is 10.0 Å². The van der Waals surface area contributed by atoms with E-state index in [9.17, 15) is 16.8 Å². The molecule has 2 rings (SSSR count). The third-order valence-electron chi connectivity index (χ3n) is 3.43. The molecule has 0 aliphatic rings. The van der Waals surface area contributed by atoms with Gasteiger partial charge < -0.3 is 0 Å². The van der Waals surface area contributed by atoms with E-state index in [1.807, 2.05) is 6.92 Å². The molecule has 0 saturated heterocycles. The SMILES string of the molecule is Cc1cc(S(=O)(=O)NC(C)c2ccc(S(C)(=O)=O)cc2)c(C)s1. The zero-order valence-corrected chi connectivity index (χ0v) is 15.8. The number of rotatable bonds is 5. The molecule has 5 nitrogen and oxygen atoms in total. The predicted molar refractivity (Wildman–Crippen MR) is 92.1 cm³/mol. The van der Waals surface area contributed by atoms with Crippen LogP contribution >= 0.6 is 11.3 Å². The Morgan fingerprint density at radius 3 is 2.04 bits per heavy atom. The number of hydrogen-bond donors (Lipinski definition) is 1. The Labute approximate surface area is 141 Å². The fourth-order valence-electron chi connectivity index (χ4n) is 2.24. The van der Waals surface area contributed by atoms with Gasteiger partial charge in [0.25, 0.3) is 0 Å². The van der Waals surface area contributed by atoms with E-state index >= 15 is 0 Å². The Balaban J connectivity index is 2.24. The monoisotopic (exact) mass is 373 g/mol. The molecular weight excluding hydrogens is 354 g/mol. The van der Waals surface area contributed by atoms with Crippen LogP contribution < -0.4 is 4.72 Å². The molecule has 8 heteroatoms. The summed E-state index contributed by atoms with van der Waals surface area (Å²) in [6.45, 7) is 5.36. The van der Waals surface area contributed by atoms with E-state index < -0.39 is 25.9 Å². The van der Waals surface area contributed by atoms with E-state index in [1.54, 1.807) is 32.0 Å². The second kappa shape index (κ2) is 6.35. The quantitative estimate of drug-likeness (QED) is 0.874. The lowest BCUT2D eigenvalue weighted by Crippen LogP contribution is -2.27. The zero-order chi connectivity index (χ0) is 17.4. The lowest BCUT2D eigenvalue weighted by atomic mass is 10.1. The second-order valence-electron chi connectivity index (χ2n) is 5.46. The average molecular weight is 374 g/mol. The fourth-order valence-corrected chi connectivity index (χ4v) is 5.66. The number of benzene rings is 1. The van der Waals surface area contributed by atoms with Crippen molar-refractivity contribution in [3.63, 3.8) is 0 Å². The maximum absolute atomic E-state index is 12.5. The molecule has 1 aromatic carbocycles. The van der Waals surface area contributed by atoms with Crippen LogP contribution in [0.4, 0.5) is 0 Å². The number of aryl methyl sites for hydroxylation is 2. The summed E-state index contributed by atoms with van der Waals surface area (Å²) in [4.78, 5) is 2.18. The normalized spacial score (nSPS) is 13.9. The van der Waals surface area contributed by atoms with E-state index in [-0.39, 0.29) is 4.90 Å². The summed E-state index contributed by atoms with van der Waals surface area (Å²) in [5, 5.41) is 0. The van der Waals surface area contributed by atoms with Crippen molar-refractivity contribution in [3.8, 4) is 0 Å². The molecule has 0 aliphatic carbocycles. The first-order valence-corrected chi connectivity index (χ1v) is 11.1. The summed E-state index contributed by atoms with van der Waals surface area (Å²) in [5.41, 5.74) is 0.700. The summed E-state index contributed by atoms with van der Waals surface area (Å²) < 4.78 is 50.5. The van der Waals surface area contributed by atoms with Crippen LogP contribution in [0.5, 0.6) is 0 Å². The lowest BCUT2D eigenvalue weighted by molar-refractivity contribution is 0.566. The fraction of sp³-hybridized carbons (Fsp3) is 0.333. The minimum absolute atomic E-state index is 0.209. The maximum atomic E-state index is 12.5. The summed E-state index contributed by atoms with van der Waals surface area (Å²) in [7, 11) is -6.88. The first kappa shape index (κ1) is 18.1. The van der Waals surface area contributed by atoms with E-state index in [0.717, 1.165) is 16.0 Å². The van der Waals surface area contributed by atoms with Gasteiger partial charge in [0, 0.05) is 22.1 Å². The van der Waals surface area contributed by atoms with Crippen molar-refractivity contribution in [2.45, 2.75) is 36.6 Å². The molecule has 1 aromatic heterocycles. The Morgan fingerprint density at radius 1 is 1.04 bits per heavy atom. The van der Waals surface area contributed by atoms with Crippen LogP contribution in [-0.2, 0) is 19.9 Å². The van der Waals surface area contributed by atoms with Crippen molar-refractivity contribution in [3.05, 3.63) is 45.6 Å². The number of thiophene rings is 1. The molecule has 0 radical (unpaired) electrons. The third kappa shape index (κ3) is 4.20. The minimum Gasteiger partial charge on any atom is -0.224 e. The molecule has 0 saturated carbocycles. The van der Waals surface area contributed by atoms with E-state index in [1.165, 1.54) is 23.5 Å². The predicted octanol–water partition coefficient (Wildman–Crippen LogP) is 2.81. The largest absolute Gasteiger partial charge is 0.242 e. The number of hydrogen-bond acceptors (Lipinski definition) is 5. The van der Waals surface area contributed by atoms with E-state index in [4.69, 9.17) is 0 Å². The van der Waals surface area contributed by atoms with Gasteiger partial charge in [-0.1, -0.05) is 12.1 Å². The van der Waals surface area contributed by atoms with Crippen LogP contribution in [0.3, 0.4) is 0 Å². The minimum atomic E-state index is -3.61. The number of nitrogens with one attached hydrogen (secondary N) is 1. The standard InChI is InChI=1S/C15H19NO4S3/c1-10-9-15(12(3)21-10)23(19,20)16-11(2)13-5-7-14(8-6-13)22(4,17)18/h5-9,11,16H,1-4H3. The molecule has 2 aromatic rings. The second-order valence-corrected chi connectivity index (χ2v) is 10.6. The van der Waals surface area contributed by atoms with Gasteiger partial charge in [-0.15, -0.1) is 11.3 Å². The van der Waals surface area contributed by atoms with Crippen molar-refractivity contribution in [1.82, 2.24) is 4.72 Å². The lowest BCUT2D eigenvalue weighted by Gasteiger charge is -2.15. The van der Waals surface area contributed by atoms with Gasteiger partial charge >= 0.3 is 0 Å². The van der Waals surface area contributed by atoms with Gasteiger partial charge in [0.1, 0.15) is 0 Å². The van der Waals surface area contributed by atoms with Crippen LogP contribution in [0.25, 0.3) is 0 Å². The Hall–Kier alpha value is -1.22. The van der Waals surface area contributed by atoms with Gasteiger partial charge in [0.05, 0.1) is 9.79 Å². The van der Waals surface area contributed by atoms with Crippen molar-refractivity contribution in [2.75, 3.05) is 6.26 Å². The topological polar surface area (TPSA) is 80.3 Å². The molecule has 1 atom stereocenters. The number of sulfone groups is 1. The highest BCUT2D eigenvalue weighted by molar-refractivity contribution is 7.90. The van der Waals surface area contributed by atoms with Gasteiger partial charge in [-0.05, 0) is 44.5 Å². The summed E-state index contributed by atoms with van der Waals surface area (Å²) >= 11 is 1.44. The van der Waals surface area contributed by atoms with Crippen LogP contribution in [0.1, 0.15) is 28.3 Å². The van der Waals surface area contributed by atoms with Gasteiger partial charge in [0.15, 0.2) is 9.84 Å². The van der Waals surface area contributed by atoms with Crippen LogP contribution in [0, 0.1) is 13.8 Å². The Bertz CT molecular complexity index is 910. The molecular formula is C15H19NO4S3. The molecule has 0 spiro atoms. The molecule has 1 N–H and O–H groups in total. The molecule has 0 amide bonds. The molecule has 23 heavy (non-hydrogen) atoms. The Kier molecular flexibility index (Phi) is 5.00. The van der Waals surface area contributed by atoms with Gasteiger partial charge in [-0.25, -0.2) is 21.6 Å². The first-order valence-electron chi connectivity index (χ1n) is 6.90. The third-order valence-corrected chi connectivity index (χ3v) is 7.32. The first-order chi connectivity index (χ1) is 10.5. The van der Waals surface area contributed by atoms with Crippen LogP contribution in [0.15, 0.2) is 40.1 Å².